The summed E-state index contributed by atoms with van der Waals surface area (Å²) in [6.45, 7) is 1.87. The highest BCUT2D eigenvalue weighted by molar-refractivity contribution is 5.94. The molecular weight excluding hydrogens is 421 g/mol. The molecule has 0 saturated carbocycles. The van der Waals surface area contributed by atoms with Crippen molar-refractivity contribution in [1.29, 1.82) is 0 Å². The van der Waals surface area contributed by atoms with Crippen LogP contribution in [0.25, 0.3) is 17.0 Å². The van der Waals surface area contributed by atoms with E-state index >= 15 is 0 Å². The van der Waals surface area contributed by atoms with Crippen molar-refractivity contribution in [3.05, 3.63) is 64.5 Å². The number of nitrogens with zero attached hydrogens (tertiary/aromatic N) is 2. The van der Waals surface area contributed by atoms with Crippen molar-refractivity contribution < 1.29 is 22.8 Å². The summed E-state index contributed by atoms with van der Waals surface area (Å²) in [6, 6.07) is 5.92. The molecule has 1 aromatic carbocycles. The highest BCUT2D eigenvalue weighted by Gasteiger charge is 2.33. The fourth-order valence-electron chi connectivity index (χ4n) is 3.78. The van der Waals surface area contributed by atoms with Crippen molar-refractivity contribution in [2.45, 2.75) is 32.5 Å². The summed E-state index contributed by atoms with van der Waals surface area (Å²) >= 11 is 0. The second-order valence-electron chi connectivity index (χ2n) is 7.81. The SMILES string of the molecule is Cc1c(CN(C)C(=O)C=Cc2cnc3c(c2)CCC(=O)N3)[nH]c2c(C(F)(F)F)cccc12. The van der Waals surface area contributed by atoms with Crippen molar-refractivity contribution in [1.82, 2.24) is 14.9 Å². The molecule has 2 amide bonds. The normalized spacial score (nSPS) is 14.0. The second-order valence-corrected chi connectivity index (χ2v) is 7.81. The van der Waals surface area contributed by atoms with E-state index in [1.807, 2.05) is 6.07 Å². The molecule has 2 N–H and O–H groups in total. The zero-order valence-electron chi connectivity index (χ0n) is 17.5. The molecule has 2 aromatic heterocycles. The highest BCUT2D eigenvalue weighted by atomic mass is 19.4. The number of rotatable bonds is 4. The summed E-state index contributed by atoms with van der Waals surface area (Å²) in [5.74, 6) is 0.166. The van der Waals surface area contributed by atoms with Crippen LogP contribution in [0.15, 0.2) is 36.5 Å². The first-order chi connectivity index (χ1) is 15.1. The zero-order valence-corrected chi connectivity index (χ0v) is 17.5. The lowest BCUT2D eigenvalue weighted by Crippen LogP contribution is -2.24. The van der Waals surface area contributed by atoms with E-state index in [4.69, 9.17) is 0 Å². The van der Waals surface area contributed by atoms with Crippen LogP contribution < -0.4 is 5.32 Å². The maximum atomic E-state index is 13.3. The summed E-state index contributed by atoms with van der Waals surface area (Å²) in [5, 5.41) is 3.19. The number of hydrogen-bond donors (Lipinski definition) is 2. The molecule has 0 radical (unpaired) electrons. The van der Waals surface area contributed by atoms with Crippen LogP contribution in [0.4, 0.5) is 19.0 Å². The average molecular weight is 442 g/mol. The van der Waals surface area contributed by atoms with E-state index in [9.17, 15) is 22.8 Å². The fourth-order valence-corrected chi connectivity index (χ4v) is 3.78. The van der Waals surface area contributed by atoms with Crippen molar-refractivity contribution >= 4 is 34.6 Å². The number of aryl methyl sites for hydroxylation is 2. The Balaban J connectivity index is 1.50. The van der Waals surface area contributed by atoms with Gasteiger partial charge in [0.05, 0.1) is 17.6 Å². The topological polar surface area (TPSA) is 78.1 Å². The molecule has 1 aliphatic rings. The number of carbonyl (C=O) groups excluding carboxylic acids is 2. The maximum absolute atomic E-state index is 13.3. The number of nitrogens with one attached hydrogen (secondary N) is 2. The summed E-state index contributed by atoms with van der Waals surface area (Å²) in [7, 11) is 1.59. The van der Waals surface area contributed by atoms with E-state index in [0.29, 0.717) is 35.3 Å². The number of alkyl halides is 3. The van der Waals surface area contributed by atoms with Gasteiger partial charge in [0.25, 0.3) is 0 Å². The number of aromatic amines is 1. The number of H-pyrrole nitrogens is 1. The fraction of sp³-hybridized carbons (Fsp3) is 0.261. The van der Waals surface area contributed by atoms with Crippen molar-refractivity contribution in [3.8, 4) is 0 Å². The molecule has 9 heteroatoms. The number of likely N-dealkylation sites (N-methyl/N-ethyl adjacent to an activating group) is 1. The third-order valence-electron chi connectivity index (χ3n) is 5.56. The van der Waals surface area contributed by atoms with Crippen LogP contribution in [0, 0.1) is 6.92 Å². The van der Waals surface area contributed by atoms with Crippen molar-refractivity contribution in [2.75, 3.05) is 12.4 Å². The lowest BCUT2D eigenvalue weighted by Gasteiger charge is -2.16. The van der Waals surface area contributed by atoms with Gasteiger partial charge in [0.2, 0.25) is 11.8 Å². The lowest BCUT2D eigenvalue weighted by atomic mass is 10.0. The molecule has 0 atom stereocenters. The van der Waals surface area contributed by atoms with E-state index in [0.717, 1.165) is 17.2 Å². The highest BCUT2D eigenvalue weighted by Crippen LogP contribution is 2.36. The Kier molecular flexibility index (Phi) is 5.50. The van der Waals surface area contributed by atoms with Gasteiger partial charge in [-0.1, -0.05) is 12.1 Å². The quantitative estimate of drug-likeness (QED) is 0.586. The van der Waals surface area contributed by atoms with Gasteiger partial charge in [-0.15, -0.1) is 0 Å². The van der Waals surface area contributed by atoms with Gasteiger partial charge in [-0.05, 0) is 48.2 Å². The molecule has 166 valence electrons. The Morgan fingerprint density at radius 2 is 2.06 bits per heavy atom. The van der Waals surface area contributed by atoms with E-state index in [2.05, 4.69) is 15.3 Å². The zero-order chi connectivity index (χ0) is 23.0. The third-order valence-corrected chi connectivity index (χ3v) is 5.56. The number of amides is 2. The molecule has 32 heavy (non-hydrogen) atoms. The molecule has 4 rings (SSSR count). The van der Waals surface area contributed by atoms with Crippen LogP contribution in [-0.4, -0.2) is 33.7 Å². The van der Waals surface area contributed by atoms with Gasteiger partial charge < -0.3 is 15.2 Å². The van der Waals surface area contributed by atoms with Crippen LogP contribution in [0.5, 0.6) is 0 Å². The van der Waals surface area contributed by atoms with Crippen LogP contribution in [-0.2, 0) is 28.7 Å². The third kappa shape index (κ3) is 4.23. The smallest absolute Gasteiger partial charge is 0.356 e. The minimum atomic E-state index is -4.47. The number of carbonyl (C=O) groups is 2. The standard InChI is InChI=1S/C23H21F3N4O2/c1-13-16-4-3-5-17(23(24,25)26)21(16)28-18(13)12-30(2)20(32)9-6-14-10-15-7-8-19(31)29-22(15)27-11-14/h3-6,9-11,28H,7-8,12H2,1-2H3,(H,27,29,31). The number of aromatic nitrogens is 2. The molecule has 0 unspecified atom stereocenters. The predicted molar refractivity (Wildman–Crippen MR) is 115 cm³/mol. The Morgan fingerprint density at radius 3 is 2.81 bits per heavy atom. The number of benzene rings is 1. The Morgan fingerprint density at radius 1 is 1.28 bits per heavy atom. The molecule has 0 fully saturated rings. The Hall–Kier alpha value is -3.62. The van der Waals surface area contributed by atoms with Gasteiger partial charge in [-0.2, -0.15) is 13.2 Å². The van der Waals surface area contributed by atoms with Crippen molar-refractivity contribution in [3.63, 3.8) is 0 Å². The van der Waals surface area contributed by atoms with Crippen LogP contribution in [0.1, 0.15) is 34.4 Å². The van der Waals surface area contributed by atoms with Gasteiger partial charge in [0.1, 0.15) is 5.82 Å². The minimum absolute atomic E-state index is 0.0242. The lowest BCUT2D eigenvalue weighted by molar-refractivity contribution is -0.136. The second kappa shape index (κ2) is 8.14. The van der Waals surface area contributed by atoms with E-state index < -0.39 is 11.7 Å². The molecule has 6 nitrogen and oxygen atoms in total. The number of pyridine rings is 1. The van der Waals surface area contributed by atoms with E-state index in [1.54, 1.807) is 32.3 Å². The van der Waals surface area contributed by atoms with Gasteiger partial charge in [-0.3, -0.25) is 9.59 Å². The van der Waals surface area contributed by atoms with Gasteiger partial charge in [0, 0.05) is 36.8 Å². The number of halogens is 3. The summed E-state index contributed by atoms with van der Waals surface area (Å²) in [4.78, 5) is 32.5. The van der Waals surface area contributed by atoms with Gasteiger partial charge in [-0.25, -0.2) is 4.98 Å². The Labute approximate surface area is 182 Å². The molecular formula is C23H21F3N4O2. The van der Waals surface area contributed by atoms with Crippen LogP contribution >= 0.6 is 0 Å². The molecule has 0 spiro atoms. The molecule has 3 heterocycles. The number of para-hydroxylation sites is 1. The predicted octanol–water partition coefficient (Wildman–Crippen LogP) is 4.45. The largest absolute Gasteiger partial charge is 0.418 e. The number of hydrogen-bond acceptors (Lipinski definition) is 3. The molecule has 0 aliphatic carbocycles. The van der Waals surface area contributed by atoms with E-state index in [1.165, 1.54) is 17.0 Å². The summed E-state index contributed by atoms with van der Waals surface area (Å²) in [6.07, 6.45) is 1.10. The maximum Gasteiger partial charge on any atom is 0.418 e. The average Bonchev–Trinajstić information content (AvgIpc) is 3.06. The van der Waals surface area contributed by atoms with Crippen molar-refractivity contribution in [2.24, 2.45) is 0 Å². The first kappa shape index (κ1) is 21.6. The number of anilines is 1. The van der Waals surface area contributed by atoms with E-state index in [-0.39, 0.29) is 23.9 Å². The minimum Gasteiger partial charge on any atom is -0.356 e. The molecule has 0 saturated heterocycles. The van der Waals surface area contributed by atoms with Crippen LogP contribution in [0.3, 0.4) is 0 Å². The number of fused-ring (bicyclic) bond motifs is 2. The first-order valence-electron chi connectivity index (χ1n) is 10.0. The molecule has 1 aliphatic heterocycles. The molecule has 3 aromatic rings. The molecule has 0 bridgehead atoms. The summed E-state index contributed by atoms with van der Waals surface area (Å²) in [5.41, 5.74) is 2.15. The monoisotopic (exact) mass is 442 g/mol. The van der Waals surface area contributed by atoms with Gasteiger partial charge >= 0.3 is 6.18 Å². The summed E-state index contributed by atoms with van der Waals surface area (Å²) < 4.78 is 39.9. The van der Waals surface area contributed by atoms with Gasteiger partial charge in [0.15, 0.2) is 0 Å². The first-order valence-corrected chi connectivity index (χ1v) is 10.0. The van der Waals surface area contributed by atoms with Crippen LogP contribution in [0.2, 0.25) is 0 Å². The Bertz CT molecular complexity index is 1240.